The minimum Gasteiger partial charge on any atom is -0.483 e. The van der Waals surface area contributed by atoms with Gasteiger partial charge in [0, 0.05) is 16.1 Å². The Bertz CT molecular complexity index is 1540. The number of hydrogen-bond acceptors (Lipinski definition) is 7. The SMILES string of the molecule is COC(=O)c1cc2cc(NC(=O)COc3ccc(S(=O)(=O)Nc4ccc(C)cc4)cc3C)ccc2s1. The van der Waals surface area contributed by atoms with E-state index in [4.69, 9.17) is 9.47 Å². The van der Waals surface area contributed by atoms with E-state index in [1.54, 1.807) is 37.3 Å². The molecule has 1 aromatic heterocycles. The molecule has 36 heavy (non-hydrogen) atoms. The molecule has 4 aromatic rings. The highest BCUT2D eigenvalue weighted by Gasteiger charge is 2.17. The van der Waals surface area contributed by atoms with Crippen molar-refractivity contribution in [2.45, 2.75) is 18.7 Å². The molecule has 0 saturated heterocycles. The summed E-state index contributed by atoms with van der Waals surface area (Å²) in [6, 6.07) is 18.5. The number of ether oxygens (including phenoxy) is 2. The largest absolute Gasteiger partial charge is 0.483 e. The molecule has 3 aromatic carbocycles. The number of anilines is 2. The molecule has 1 amide bonds. The van der Waals surface area contributed by atoms with E-state index in [-0.39, 0.29) is 17.4 Å². The Balaban J connectivity index is 1.38. The standard InChI is InChI=1S/C26H24N2O6S2/c1-16-4-6-19(7-5-16)28-36(31,32)21-9-10-22(17(2)12-21)34-15-25(29)27-20-8-11-23-18(13-20)14-24(35-23)26(30)33-3/h4-14,28H,15H2,1-3H3,(H,27,29). The number of nitrogens with one attached hydrogen (secondary N) is 2. The monoisotopic (exact) mass is 524 g/mol. The van der Waals surface area contributed by atoms with E-state index in [2.05, 4.69) is 10.0 Å². The van der Waals surface area contributed by atoms with Crippen molar-refractivity contribution in [3.63, 3.8) is 0 Å². The Morgan fingerprint density at radius 2 is 1.64 bits per heavy atom. The molecule has 0 atom stereocenters. The van der Waals surface area contributed by atoms with Crippen LogP contribution in [0.3, 0.4) is 0 Å². The Morgan fingerprint density at radius 1 is 0.917 bits per heavy atom. The molecular formula is C26H24N2O6S2. The van der Waals surface area contributed by atoms with Gasteiger partial charge in [-0.25, -0.2) is 13.2 Å². The predicted molar refractivity (Wildman–Crippen MR) is 140 cm³/mol. The van der Waals surface area contributed by atoms with Crippen LogP contribution in [0, 0.1) is 13.8 Å². The lowest BCUT2D eigenvalue weighted by molar-refractivity contribution is -0.118. The van der Waals surface area contributed by atoms with Gasteiger partial charge in [0.2, 0.25) is 0 Å². The van der Waals surface area contributed by atoms with Crippen molar-refractivity contribution in [2.75, 3.05) is 23.8 Å². The van der Waals surface area contributed by atoms with Crippen LogP contribution in [0.5, 0.6) is 5.75 Å². The summed E-state index contributed by atoms with van der Waals surface area (Å²) in [5.41, 5.74) is 2.63. The van der Waals surface area contributed by atoms with Crippen LogP contribution in [0.2, 0.25) is 0 Å². The van der Waals surface area contributed by atoms with Crippen LogP contribution in [-0.2, 0) is 19.6 Å². The number of sulfonamides is 1. The van der Waals surface area contributed by atoms with Crippen LogP contribution in [-0.4, -0.2) is 34.0 Å². The molecule has 0 aliphatic heterocycles. The second kappa shape index (κ2) is 10.4. The number of carbonyl (C=O) groups excluding carboxylic acids is 2. The molecule has 0 spiro atoms. The number of esters is 1. The number of rotatable bonds is 8. The van der Waals surface area contributed by atoms with Gasteiger partial charge in [0.1, 0.15) is 10.6 Å². The van der Waals surface area contributed by atoms with Gasteiger partial charge in [-0.1, -0.05) is 17.7 Å². The zero-order chi connectivity index (χ0) is 25.9. The van der Waals surface area contributed by atoms with Crippen molar-refractivity contribution < 1.29 is 27.5 Å². The lowest BCUT2D eigenvalue weighted by Crippen LogP contribution is -2.20. The summed E-state index contributed by atoms with van der Waals surface area (Å²) < 4.78 is 39.3. The van der Waals surface area contributed by atoms with Crippen molar-refractivity contribution in [2.24, 2.45) is 0 Å². The molecule has 0 fully saturated rings. The summed E-state index contributed by atoms with van der Waals surface area (Å²) in [5.74, 6) is -0.388. The van der Waals surface area contributed by atoms with E-state index >= 15 is 0 Å². The Labute approximate surface area is 212 Å². The first kappa shape index (κ1) is 25.2. The maximum atomic E-state index is 12.7. The van der Waals surface area contributed by atoms with E-state index in [0.29, 0.717) is 27.6 Å². The molecule has 8 nitrogen and oxygen atoms in total. The van der Waals surface area contributed by atoms with Crippen LogP contribution >= 0.6 is 11.3 Å². The molecule has 10 heteroatoms. The molecule has 0 aliphatic carbocycles. The van der Waals surface area contributed by atoms with Gasteiger partial charge in [0.25, 0.3) is 15.9 Å². The maximum absolute atomic E-state index is 12.7. The maximum Gasteiger partial charge on any atom is 0.348 e. The van der Waals surface area contributed by atoms with E-state index in [1.807, 2.05) is 25.1 Å². The van der Waals surface area contributed by atoms with Crippen LogP contribution in [0.25, 0.3) is 10.1 Å². The molecule has 0 saturated carbocycles. The van der Waals surface area contributed by atoms with Crippen LogP contribution in [0.1, 0.15) is 20.8 Å². The van der Waals surface area contributed by atoms with Crippen molar-refractivity contribution in [1.29, 1.82) is 0 Å². The number of amides is 1. The zero-order valence-corrected chi connectivity index (χ0v) is 21.5. The topological polar surface area (TPSA) is 111 Å². The summed E-state index contributed by atoms with van der Waals surface area (Å²) in [7, 11) is -2.45. The number of methoxy groups -OCH3 is 1. The van der Waals surface area contributed by atoms with Gasteiger partial charge in [-0.2, -0.15) is 0 Å². The molecule has 186 valence electrons. The van der Waals surface area contributed by atoms with E-state index in [0.717, 1.165) is 15.6 Å². The number of carbonyl (C=O) groups is 2. The lowest BCUT2D eigenvalue weighted by Gasteiger charge is -2.12. The first-order valence-corrected chi connectivity index (χ1v) is 13.2. The average Bonchev–Trinajstić information content (AvgIpc) is 3.27. The van der Waals surface area contributed by atoms with Gasteiger partial charge >= 0.3 is 5.97 Å². The van der Waals surface area contributed by atoms with Gasteiger partial charge in [-0.05, 0) is 79.4 Å². The predicted octanol–water partition coefficient (Wildman–Crippen LogP) is 5.12. The number of thiophene rings is 1. The summed E-state index contributed by atoms with van der Waals surface area (Å²) in [6.07, 6.45) is 0. The fraction of sp³-hybridized carbons (Fsp3) is 0.154. The first-order valence-electron chi connectivity index (χ1n) is 10.9. The van der Waals surface area contributed by atoms with Gasteiger partial charge in [-0.15, -0.1) is 11.3 Å². The van der Waals surface area contributed by atoms with Gasteiger partial charge in [0.15, 0.2) is 6.61 Å². The third kappa shape index (κ3) is 5.84. The number of benzene rings is 3. The summed E-state index contributed by atoms with van der Waals surface area (Å²) in [5, 5.41) is 3.57. The Kier molecular flexibility index (Phi) is 7.27. The Hall–Kier alpha value is -3.89. The van der Waals surface area contributed by atoms with Gasteiger partial charge < -0.3 is 14.8 Å². The van der Waals surface area contributed by atoms with E-state index in [9.17, 15) is 18.0 Å². The number of aryl methyl sites for hydroxylation is 2. The second-order valence-corrected chi connectivity index (χ2v) is 10.9. The normalized spacial score (nSPS) is 11.2. The molecule has 0 unspecified atom stereocenters. The third-order valence-electron chi connectivity index (χ3n) is 5.31. The summed E-state index contributed by atoms with van der Waals surface area (Å²) in [6.45, 7) is 3.37. The molecule has 1 heterocycles. The highest BCUT2D eigenvalue weighted by Crippen LogP contribution is 2.29. The highest BCUT2D eigenvalue weighted by atomic mass is 32.2. The molecule has 0 aliphatic rings. The summed E-state index contributed by atoms with van der Waals surface area (Å²) >= 11 is 1.31. The average molecular weight is 525 g/mol. The third-order valence-corrected chi connectivity index (χ3v) is 7.78. The first-order chi connectivity index (χ1) is 17.1. The smallest absolute Gasteiger partial charge is 0.348 e. The fourth-order valence-electron chi connectivity index (χ4n) is 3.45. The van der Waals surface area contributed by atoms with Crippen LogP contribution < -0.4 is 14.8 Å². The number of hydrogen-bond donors (Lipinski definition) is 2. The quantitative estimate of drug-likeness (QED) is 0.310. The fourth-order valence-corrected chi connectivity index (χ4v) is 5.55. The van der Waals surface area contributed by atoms with Crippen molar-refractivity contribution >= 4 is 54.7 Å². The van der Waals surface area contributed by atoms with E-state index < -0.39 is 16.0 Å². The molecular weight excluding hydrogens is 500 g/mol. The second-order valence-electron chi connectivity index (χ2n) is 8.09. The Morgan fingerprint density at radius 3 is 2.33 bits per heavy atom. The van der Waals surface area contributed by atoms with E-state index in [1.165, 1.54) is 36.6 Å². The zero-order valence-electron chi connectivity index (χ0n) is 19.8. The lowest BCUT2D eigenvalue weighted by atomic mass is 10.2. The summed E-state index contributed by atoms with van der Waals surface area (Å²) in [4.78, 5) is 24.7. The van der Waals surface area contributed by atoms with Crippen molar-refractivity contribution in [3.8, 4) is 5.75 Å². The van der Waals surface area contributed by atoms with Crippen molar-refractivity contribution in [3.05, 3.63) is 82.7 Å². The molecule has 4 rings (SSSR count). The van der Waals surface area contributed by atoms with Crippen molar-refractivity contribution in [1.82, 2.24) is 0 Å². The minimum atomic E-state index is -3.77. The van der Waals surface area contributed by atoms with Crippen LogP contribution in [0.15, 0.2) is 71.6 Å². The van der Waals surface area contributed by atoms with Gasteiger partial charge in [-0.3, -0.25) is 9.52 Å². The molecule has 0 bridgehead atoms. The highest BCUT2D eigenvalue weighted by molar-refractivity contribution is 7.92. The molecule has 2 N–H and O–H groups in total. The van der Waals surface area contributed by atoms with Gasteiger partial charge in [0.05, 0.1) is 12.0 Å². The van der Waals surface area contributed by atoms with Crippen LogP contribution in [0.4, 0.5) is 11.4 Å². The molecule has 0 radical (unpaired) electrons. The number of fused-ring (bicyclic) bond motifs is 1. The minimum absolute atomic E-state index is 0.0905.